The lowest BCUT2D eigenvalue weighted by Gasteiger charge is -2.10. The Morgan fingerprint density at radius 1 is 1.30 bits per heavy atom. The number of nitrogens with one attached hydrogen (secondary N) is 1. The molecule has 1 N–H and O–H groups in total. The Balaban J connectivity index is 2.55. The monoisotopic (exact) mass is 336 g/mol. The second kappa shape index (κ2) is 6.70. The van der Waals surface area contributed by atoms with Gasteiger partial charge in [-0.2, -0.15) is 0 Å². The van der Waals surface area contributed by atoms with Gasteiger partial charge in [0.1, 0.15) is 16.0 Å². The van der Waals surface area contributed by atoms with Crippen LogP contribution in [-0.2, 0) is 6.42 Å². The number of para-hydroxylation sites is 1. The number of halogens is 1. The van der Waals surface area contributed by atoms with Crippen molar-refractivity contribution in [1.82, 2.24) is 9.97 Å². The number of benzene rings is 1. The summed E-state index contributed by atoms with van der Waals surface area (Å²) >= 11 is 3.30. The molecule has 0 aliphatic rings. The third-order valence-electron chi connectivity index (χ3n) is 2.86. The number of ether oxygens (including phenoxy) is 1. The van der Waals surface area contributed by atoms with E-state index >= 15 is 0 Å². The average molecular weight is 337 g/mol. The molecule has 4 nitrogen and oxygen atoms in total. The fourth-order valence-electron chi connectivity index (χ4n) is 1.98. The molecule has 0 aliphatic carbocycles. The molecule has 0 saturated carbocycles. The molecule has 0 amide bonds. The number of aromatic amines is 1. The zero-order valence-electron chi connectivity index (χ0n) is 11.6. The summed E-state index contributed by atoms with van der Waals surface area (Å²) in [6.07, 6.45) is 1.69. The summed E-state index contributed by atoms with van der Waals surface area (Å²) < 4.78 is 6.10. The van der Waals surface area contributed by atoms with Crippen LogP contribution in [0.4, 0.5) is 0 Å². The second-order valence-electron chi connectivity index (χ2n) is 4.35. The molecule has 0 spiro atoms. The third kappa shape index (κ3) is 3.10. The highest BCUT2D eigenvalue weighted by atomic mass is 79.9. The highest BCUT2D eigenvalue weighted by Crippen LogP contribution is 2.27. The standard InChI is InChI=1S/C15H17BrN2O2/c1-3-7-11-13(16)15(19)18-14(17-11)10-8-5-6-9-12(10)20-4-2/h5-6,8-9H,3-4,7H2,1-2H3,(H,17,18,19). The fraction of sp³-hybridized carbons (Fsp3) is 0.333. The normalized spacial score (nSPS) is 10.6. The van der Waals surface area contributed by atoms with Crippen molar-refractivity contribution in [2.24, 2.45) is 0 Å². The number of rotatable bonds is 5. The van der Waals surface area contributed by atoms with Gasteiger partial charge in [0, 0.05) is 0 Å². The highest BCUT2D eigenvalue weighted by molar-refractivity contribution is 9.10. The van der Waals surface area contributed by atoms with Gasteiger partial charge in [-0.05, 0) is 41.4 Å². The first-order valence-electron chi connectivity index (χ1n) is 6.68. The van der Waals surface area contributed by atoms with Crippen LogP contribution in [-0.4, -0.2) is 16.6 Å². The Labute approximate surface area is 126 Å². The molecule has 1 heterocycles. The van der Waals surface area contributed by atoms with Gasteiger partial charge in [0.15, 0.2) is 0 Å². The molecule has 0 fully saturated rings. The van der Waals surface area contributed by atoms with E-state index in [1.54, 1.807) is 0 Å². The molecular formula is C15H17BrN2O2. The maximum atomic E-state index is 12.0. The predicted octanol–water partition coefficient (Wildman–Crippen LogP) is 3.55. The van der Waals surface area contributed by atoms with Gasteiger partial charge in [-0.3, -0.25) is 4.79 Å². The van der Waals surface area contributed by atoms with Gasteiger partial charge >= 0.3 is 0 Å². The number of aryl methyl sites for hydroxylation is 1. The summed E-state index contributed by atoms with van der Waals surface area (Å²) in [4.78, 5) is 19.3. The summed E-state index contributed by atoms with van der Waals surface area (Å²) in [6.45, 7) is 4.56. The third-order valence-corrected chi connectivity index (χ3v) is 3.68. The maximum Gasteiger partial charge on any atom is 0.265 e. The topological polar surface area (TPSA) is 55.0 Å². The Morgan fingerprint density at radius 3 is 2.75 bits per heavy atom. The Morgan fingerprint density at radius 2 is 2.05 bits per heavy atom. The van der Waals surface area contributed by atoms with E-state index in [0.717, 1.165) is 29.8 Å². The van der Waals surface area contributed by atoms with Gasteiger partial charge in [0.05, 0.1) is 17.9 Å². The first kappa shape index (κ1) is 14.8. The van der Waals surface area contributed by atoms with Crippen molar-refractivity contribution in [3.05, 3.63) is 44.8 Å². The Hall–Kier alpha value is -1.62. The molecule has 0 saturated heterocycles. The molecule has 1 aromatic carbocycles. The van der Waals surface area contributed by atoms with E-state index in [1.807, 2.05) is 31.2 Å². The van der Waals surface area contributed by atoms with Gasteiger partial charge in [-0.15, -0.1) is 0 Å². The lowest BCUT2D eigenvalue weighted by molar-refractivity contribution is 0.341. The molecule has 0 radical (unpaired) electrons. The SMILES string of the molecule is CCCc1nc(-c2ccccc2OCC)[nH]c(=O)c1Br. The molecule has 1 aromatic heterocycles. The van der Waals surface area contributed by atoms with Crippen molar-refractivity contribution in [3.8, 4) is 17.1 Å². The van der Waals surface area contributed by atoms with Crippen LogP contribution >= 0.6 is 15.9 Å². The molecule has 0 bridgehead atoms. The van der Waals surface area contributed by atoms with Crippen LogP contribution in [0.5, 0.6) is 5.75 Å². The molecule has 0 atom stereocenters. The number of hydrogen-bond donors (Lipinski definition) is 1. The average Bonchev–Trinajstić information content (AvgIpc) is 2.45. The summed E-state index contributed by atoms with van der Waals surface area (Å²) in [7, 11) is 0. The van der Waals surface area contributed by atoms with Crippen LogP contribution in [0.15, 0.2) is 33.5 Å². The minimum Gasteiger partial charge on any atom is -0.493 e. The summed E-state index contributed by atoms with van der Waals surface area (Å²) in [6, 6.07) is 7.57. The minimum atomic E-state index is -0.162. The Bertz CT molecular complexity index is 653. The fourth-order valence-corrected chi connectivity index (χ4v) is 2.37. The van der Waals surface area contributed by atoms with Crippen LogP contribution in [0, 0.1) is 0 Å². The first-order chi connectivity index (χ1) is 9.67. The molecule has 0 aliphatic heterocycles. The van der Waals surface area contributed by atoms with E-state index in [1.165, 1.54) is 0 Å². The second-order valence-corrected chi connectivity index (χ2v) is 5.15. The Kier molecular flexibility index (Phi) is 4.95. The van der Waals surface area contributed by atoms with Gasteiger partial charge < -0.3 is 9.72 Å². The number of nitrogens with zero attached hydrogens (tertiary/aromatic N) is 1. The van der Waals surface area contributed by atoms with Crippen LogP contribution in [0.25, 0.3) is 11.4 Å². The number of aromatic nitrogens is 2. The van der Waals surface area contributed by atoms with E-state index in [4.69, 9.17) is 4.74 Å². The number of H-pyrrole nitrogens is 1. The maximum absolute atomic E-state index is 12.0. The molecule has 5 heteroatoms. The van der Waals surface area contributed by atoms with Crippen molar-refractivity contribution in [1.29, 1.82) is 0 Å². The predicted molar refractivity (Wildman–Crippen MR) is 83.2 cm³/mol. The highest BCUT2D eigenvalue weighted by Gasteiger charge is 2.12. The molecule has 106 valence electrons. The van der Waals surface area contributed by atoms with E-state index in [0.29, 0.717) is 16.9 Å². The zero-order valence-corrected chi connectivity index (χ0v) is 13.2. The molecule has 2 aromatic rings. The van der Waals surface area contributed by atoms with Crippen molar-refractivity contribution in [3.63, 3.8) is 0 Å². The largest absolute Gasteiger partial charge is 0.493 e. The smallest absolute Gasteiger partial charge is 0.265 e. The molecule has 0 unspecified atom stereocenters. The van der Waals surface area contributed by atoms with E-state index in [-0.39, 0.29) is 5.56 Å². The van der Waals surface area contributed by atoms with E-state index in [2.05, 4.69) is 32.8 Å². The summed E-state index contributed by atoms with van der Waals surface area (Å²) in [5, 5.41) is 0. The molecular weight excluding hydrogens is 320 g/mol. The van der Waals surface area contributed by atoms with E-state index < -0.39 is 0 Å². The van der Waals surface area contributed by atoms with Gasteiger partial charge in [-0.1, -0.05) is 25.5 Å². The number of hydrogen-bond acceptors (Lipinski definition) is 3. The van der Waals surface area contributed by atoms with Crippen molar-refractivity contribution < 1.29 is 4.74 Å². The summed E-state index contributed by atoms with van der Waals surface area (Å²) in [5.41, 5.74) is 1.42. The minimum absolute atomic E-state index is 0.162. The lowest BCUT2D eigenvalue weighted by atomic mass is 10.1. The lowest BCUT2D eigenvalue weighted by Crippen LogP contribution is -2.14. The van der Waals surface area contributed by atoms with Crippen molar-refractivity contribution >= 4 is 15.9 Å². The quantitative estimate of drug-likeness (QED) is 0.908. The van der Waals surface area contributed by atoms with Crippen LogP contribution in [0.1, 0.15) is 26.0 Å². The van der Waals surface area contributed by atoms with Crippen LogP contribution in [0.3, 0.4) is 0 Å². The van der Waals surface area contributed by atoms with E-state index in [9.17, 15) is 4.79 Å². The van der Waals surface area contributed by atoms with Gasteiger partial charge in [0.25, 0.3) is 5.56 Å². The zero-order chi connectivity index (χ0) is 14.5. The van der Waals surface area contributed by atoms with Crippen LogP contribution in [0.2, 0.25) is 0 Å². The molecule has 2 rings (SSSR count). The van der Waals surface area contributed by atoms with Gasteiger partial charge in [-0.25, -0.2) is 4.98 Å². The molecule has 20 heavy (non-hydrogen) atoms. The first-order valence-corrected chi connectivity index (χ1v) is 7.47. The summed E-state index contributed by atoms with van der Waals surface area (Å²) in [5.74, 6) is 1.27. The van der Waals surface area contributed by atoms with Crippen LogP contribution < -0.4 is 10.3 Å². The van der Waals surface area contributed by atoms with Gasteiger partial charge in [0.2, 0.25) is 0 Å². The van der Waals surface area contributed by atoms with Crippen molar-refractivity contribution in [2.45, 2.75) is 26.7 Å². The van der Waals surface area contributed by atoms with Crippen molar-refractivity contribution in [2.75, 3.05) is 6.61 Å².